The molecule has 0 atom stereocenters. The van der Waals surface area contributed by atoms with Crippen LogP contribution in [0.5, 0.6) is 0 Å². The molecule has 0 saturated carbocycles. The molecule has 1 aliphatic rings. The number of ether oxygens (including phenoxy) is 2. The number of hydrogen-bond acceptors (Lipinski definition) is 4. The molecular formula is C16H16FNO4S. The summed E-state index contributed by atoms with van der Waals surface area (Å²) in [6.07, 6.45) is 0.354. The van der Waals surface area contributed by atoms with Crippen LogP contribution in [0.15, 0.2) is 53.4 Å². The van der Waals surface area contributed by atoms with E-state index in [9.17, 15) is 12.8 Å². The second-order valence-electron chi connectivity index (χ2n) is 5.11. The molecule has 1 saturated heterocycles. The van der Waals surface area contributed by atoms with Crippen molar-refractivity contribution in [3.8, 4) is 0 Å². The number of anilines is 1. The molecule has 2 aromatic carbocycles. The van der Waals surface area contributed by atoms with Crippen molar-refractivity contribution >= 4 is 15.7 Å². The molecule has 0 radical (unpaired) electrons. The summed E-state index contributed by atoms with van der Waals surface area (Å²) < 4.78 is 51.0. The Kier molecular flexibility index (Phi) is 4.61. The fraction of sp³-hybridized carbons (Fsp3) is 0.250. The molecule has 0 spiro atoms. The van der Waals surface area contributed by atoms with E-state index in [0.717, 1.165) is 24.1 Å². The van der Waals surface area contributed by atoms with E-state index in [1.807, 2.05) is 6.07 Å². The van der Waals surface area contributed by atoms with Gasteiger partial charge in [0.05, 0.1) is 18.1 Å². The van der Waals surface area contributed by atoms with Gasteiger partial charge in [0.15, 0.2) is 6.29 Å². The van der Waals surface area contributed by atoms with E-state index in [2.05, 4.69) is 4.72 Å². The maximum Gasteiger partial charge on any atom is 0.261 e. The zero-order valence-corrected chi connectivity index (χ0v) is 13.1. The summed E-state index contributed by atoms with van der Waals surface area (Å²) in [4.78, 5) is -0.00512. The minimum absolute atomic E-state index is 0.00512. The predicted molar refractivity (Wildman–Crippen MR) is 82.9 cm³/mol. The van der Waals surface area contributed by atoms with Gasteiger partial charge in [0.25, 0.3) is 10.0 Å². The number of halogens is 1. The first kappa shape index (κ1) is 15.9. The van der Waals surface area contributed by atoms with Gasteiger partial charge < -0.3 is 9.47 Å². The minimum atomic E-state index is -3.78. The van der Waals surface area contributed by atoms with E-state index in [1.165, 1.54) is 12.1 Å². The zero-order chi connectivity index (χ0) is 16.3. The molecule has 122 valence electrons. The Morgan fingerprint density at radius 2 is 1.74 bits per heavy atom. The highest BCUT2D eigenvalue weighted by molar-refractivity contribution is 7.92. The number of sulfonamides is 1. The number of benzene rings is 2. The van der Waals surface area contributed by atoms with E-state index in [4.69, 9.17) is 9.47 Å². The van der Waals surface area contributed by atoms with Gasteiger partial charge >= 0.3 is 0 Å². The first-order chi connectivity index (χ1) is 11.0. The molecule has 3 rings (SSSR count). The second kappa shape index (κ2) is 6.66. The third-order valence-electron chi connectivity index (χ3n) is 3.36. The lowest BCUT2D eigenvalue weighted by Gasteiger charge is -2.23. The van der Waals surface area contributed by atoms with Gasteiger partial charge in [-0.25, -0.2) is 12.8 Å². The largest absolute Gasteiger partial charge is 0.348 e. The van der Waals surface area contributed by atoms with Gasteiger partial charge in [0.1, 0.15) is 5.82 Å². The Morgan fingerprint density at radius 1 is 1.04 bits per heavy atom. The van der Waals surface area contributed by atoms with Crippen LogP contribution >= 0.6 is 0 Å². The summed E-state index contributed by atoms with van der Waals surface area (Å²) in [6, 6.07) is 11.5. The van der Waals surface area contributed by atoms with Crippen molar-refractivity contribution in [3.63, 3.8) is 0 Å². The van der Waals surface area contributed by atoms with Crippen molar-refractivity contribution in [1.82, 2.24) is 0 Å². The summed E-state index contributed by atoms with van der Waals surface area (Å²) >= 11 is 0. The first-order valence-electron chi connectivity index (χ1n) is 7.16. The summed E-state index contributed by atoms with van der Waals surface area (Å²) in [7, 11) is -3.78. The molecule has 2 aromatic rings. The highest BCUT2D eigenvalue weighted by Gasteiger charge is 2.18. The smallest absolute Gasteiger partial charge is 0.261 e. The molecule has 0 unspecified atom stereocenters. The van der Waals surface area contributed by atoms with E-state index >= 15 is 0 Å². The highest BCUT2D eigenvalue weighted by Crippen LogP contribution is 2.26. The van der Waals surface area contributed by atoms with Crippen LogP contribution in [0.4, 0.5) is 10.1 Å². The van der Waals surface area contributed by atoms with Crippen LogP contribution in [0, 0.1) is 5.82 Å². The third kappa shape index (κ3) is 3.87. The Hall–Kier alpha value is -1.96. The number of rotatable bonds is 4. The van der Waals surface area contributed by atoms with Gasteiger partial charge in [-0.05, 0) is 42.8 Å². The molecule has 0 bridgehead atoms. The SMILES string of the molecule is O=S(=O)(Nc1cccc(C2OCCCO2)c1)c1ccc(F)cc1. The van der Waals surface area contributed by atoms with Crippen LogP contribution in [0.1, 0.15) is 18.3 Å². The van der Waals surface area contributed by atoms with Crippen LogP contribution in [0.2, 0.25) is 0 Å². The third-order valence-corrected chi connectivity index (χ3v) is 4.76. The van der Waals surface area contributed by atoms with Crippen molar-refractivity contribution in [3.05, 3.63) is 59.9 Å². The average molecular weight is 337 g/mol. The van der Waals surface area contributed by atoms with Crippen molar-refractivity contribution < 1.29 is 22.3 Å². The van der Waals surface area contributed by atoms with Crippen LogP contribution in [-0.4, -0.2) is 21.6 Å². The van der Waals surface area contributed by atoms with Gasteiger partial charge in [0.2, 0.25) is 0 Å². The minimum Gasteiger partial charge on any atom is -0.348 e. The summed E-state index contributed by atoms with van der Waals surface area (Å²) in [5, 5.41) is 0. The van der Waals surface area contributed by atoms with Gasteiger partial charge in [-0.15, -0.1) is 0 Å². The van der Waals surface area contributed by atoms with Gasteiger partial charge in [-0.1, -0.05) is 12.1 Å². The van der Waals surface area contributed by atoms with Crippen LogP contribution in [-0.2, 0) is 19.5 Å². The van der Waals surface area contributed by atoms with Gasteiger partial charge in [-0.2, -0.15) is 0 Å². The standard InChI is InChI=1S/C16H16FNO4S/c17-13-5-7-15(8-6-13)23(19,20)18-14-4-1-3-12(11-14)16-21-9-2-10-22-16/h1,3-8,11,16,18H,2,9-10H2. The second-order valence-corrected chi connectivity index (χ2v) is 6.79. The van der Waals surface area contributed by atoms with E-state index < -0.39 is 22.1 Å². The fourth-order valence-corrected chi connectivity index (χ4v) is 3.31. The van der Waals surface area contributed by atoms with E-state index in [0.29, 0.717) is 18.9 Å². The summed E-state index contributed by atoms with van der Waals surface area (Å²) in [6.45, 7) is 1.21. The summed E-state index contributed by atoms with van der Waals surface area (Å²) in [5.74, 6) is -0.488. The van der Waals surface area contributed by atoms with Crippen LogP contribution < -0.4 is 4.72 Å². The Morgan fingerprint density at radius 3 is 2.43 bits per heavy atom. The predicted octanol–water partition coefficient (Wildman–Crippen LogP) is 3.06. The molecule has 1 fully saturated rings. The Balaban J connectivity index is 1.80. The monoisotopic (exact) mass is 337 g/mol. The fourth-order valence-electron chi connectivity index (χ4n) is 2.26. The lowest BCUT2D eigenvalue weighted by Crippen LogP contribution is -2.18. The lowest BCUT2D eigenvalue weighted by molar-refractivity contribution is -0.183. The Labute approximate surface area is 134 Å². The van der Waals surface area contributed by atoms with Crippen molar-refractivity contribution in [1.29, 1.82) is 0 Å². The molecule has 1 N–H and O–H groups in total. The molecule has 5 nitrogen and oxygen atoms in total. The van der Waals surface area contributed by atoms with Crippen molar-refractivity contribution in [2.45, 2.75) is 17.6 Å². The molecule has 0 aliphatic carbocycles. The topological polar surface area (TPSA) is 64.6 Å². The molecule has 23 heavy (non-hydrogen) atoms. The maximum absolute atomic E-state index is 12.9. The van der Waals surface area contributed by atoms with Crippen LogP contribution in [0.25, 0.3) is 0 Å². The lowest BCUT2D eigenvalue weighted by atomic mass is 10.2. The number of nitrogens with one attached hydrogen (secondary N) is 1. The zero-order valence-electron chi connectivity index (χ0n) is 12.2. The highest BCUT2D eigenvalue weighted by atomic mass is 32.2. The molecule has 0 amide bonds. The maximum atomic E-state index is 12.9. The first-order valence-corrected chi connectivity index (χ1v) is 8.64. The van der Waals surface area contributed by atoms with Crippen molar-refractivity contribution in [2.75, 3.05) is 17.9 Å². The number of hydrogen-bond donors (Lipinski definition) is 1. The molecule has 7 heteroatoms. The molecule has 1 heterocycles. The molecule has 1 aliphatic heterocycles. The molecular weight excluding hydrogens is 321 g/mol. The van der Waals surface area contributed by atoms with Crippen molar-refractivity contribution in [2.24, 2.45) is 0 Å². The normalized spacial score (nSPS) is 16.2. The molecule has 0 aromatic heterocycles. The average Bonchev–Trinajstić information content (AvgIpc) is 2.56. The Bertz CT molecular complexity index is 771. The van der Waals surface area contributed by atoms with Crippen LogP contribution in [0.3, 0.4) is 0 Å². The van der Waals surface area contributed by atoms with E-state index in [1.54, 1.807) is 18.2 Å². The van der Waals surface area contributed by atoms with Gasteiger partial charge in [-0.3, -0.25) is 4.72 Å². The quantitative estimate of drug-likeness (QED) is 0.931. The van der Waals surface area contributed by atoms with E-state index in [-0.39, 0.29) is 4.90 Å². The van der Waals surface area contributed by atoms with Gasteiger partial charge in [0, 0.05) is 11.3 Å². The summed E-state index contributed by atoms with van der Waals surface area (Å²) in [5.41, 5.74) is 1.13.